The van der Waals surface area contributed by atoms with Gasteiger partial charge in [-0.1, -0.05) is 42.5 Å². The molecular formula is C18H19N3O2. The first-order valence-electron chi connectivity index (χ1n) is 7.52. The standard InChI is InChI=1S/C18H19N3O2/c1-20(11-14-7-3-2-4-8-14)18(23)12-21-16-10-6-5-9-15(16)19-17(21)13-22/h2-10,22H,11-13H2,1H3. The molecule has 5 nitrogen and oxygen atoms in total. The molecule has 0 radical (unpaired) electrons. The number of aromatic nitrogens is 2. The van der Waals surface area contributed by atoms with Gasteiger partial charge in [-0.3, -0.25) is 4.79 Å². The minimum Gasteiger partial charge on any atom is -0.388 e. The number of carbonyl (C=O) groups is 1. The van der Waals surface area contributed by atoms with E-state index in [1.807, 2.05) is 54.6 Å². The fourth-order valence-corrected chi connectivity index (χ4v) is 2.62. The van der Waals surface area contributed by atoms with Gasteiger partial charge in [0.1, 0.15) is 19.0 Å². The second kappa shape index (κ2) is 6.62. The smallest absolute Gasteiger partial charge is 0.242 e. The molecule has 1 heterocycles. The number of nitrogens with zero attached hydrogens (tertiary/aromatic N) is 3. The van der Waals surface area contributed by atoms with Crippen molar-refractivity contribution < 1.29 is 9.90 Å². The lowest BCUT2D eigenvalue weighted by Gasteiger charge is -2.18. The molecule has 0 saturated carbocycles. The van der Waals surface area contributed by atoms with Crippen molar-refractivity contribution in [3.8, 4) is 0 Å². The van der Waals surface area contributed by atoms with E-state index < -0.39 is 0 Å². The lowest BCUT2D eigenvalue weighted by Crippen LogP contribution is -2.30. The highest BCUT2D eigenvalue weighted by Crippen LogP contribution is 2.16. The van der Waals surface area contributed by atoms with Crippen molar-refractivity contribution in [3.05, 3.63) is 66.0 Å². The average Bonchev–Trinajstić information content (AvgIpc) is 2.93. The van der Waals surface area contributed by atoms with Crippen molar-refractivity contribution in [2.24, 2.45) is 0 Å². The van der Waals surface area contributed by atoms with Gasteiger partial charge in [0.2, 0.25) is 5.91 Å². The van der Waals surface area contributed by atoms with Gasteiger partial charge in [-0.15, -0.1) is 0 Å². The molecule has 3 rings (SSSR count). The number of rotatable bonds is 5. The van der Waals surface area contributed by atoms with Gasteiger partial charge in [0.15, 0.2) is 0 Å². The topological polar surface area (TPSA) is 58.4 Å². The molecule has 1 N–H and O–H groups in total. The van der Waals surface area contributed by atoms with Crippen molar-refractivity contribution in [3.63, 3.8) is 0 Å². The van der Waals surface area contributed by atoms with E-state index in [0.717, 1.165) is 16.6 Å². The van der Waals surface area contributed by atoms with E-state index in [1.165, 1.54) is 0 Å². The average molecular weight is 309 g/mol. The van der Waals surface area contributed by atoms with Crippen LogP contribution >= 0.6 is 0 Å². The Hall–Kier alpha value is -2.66. The zero-order valence-corrected chi connectivity index (χ0v) is 13.0. The molecule has 0 saturated heterocycles. The second-order valence-electron chi connectivity index (χ2n) is 5.50. The number of aliphatic hydroxyl groups excluding tert-OH is 1. The van der Waals surface area contributed by atoms with E-state index in [0.29, 0.717) is 12.4 Å². The number of fused-ring (bicyclic) bond motifs is 1. The SMILES string of the molecule is CN(Cc1ccccc1)C(=O)Cn1c(CO)nc2ccccc21. The van der Waals surface area contributed by atoms with Crippen molar-refractivity contribution in [1.82, 2.24) is 14.5 Å². The van der Waals surface area contributed by atoms with Crippen LogP contribution in [0.15, 0.2) is 54.6 Å². The molecule has 0 aliphatic rings. The molecule has 0 unspecified atom stereocenters. The van der Waals surface area contributed by atoms with Crippen LogP contribution in [0.3, 0.4) is 0 Å². The van der Waals surface area contributed by atoms with E-state index in [2.05, 4.69) is 4.98 Å². The van der Waals surface area contributed by atoms with Gasteiger partial charge in [-0.2, -0.15) is 0 Å². The molecule has 1 amide bonds. The van der Waals surface area contributed by atoms with E-state index in [-0.39, 0.29) is 19.1 Å². The normalized spacial score (nSPS) is 10.9. The zero-order chi connectivity index (χ0) is 16.2. The predicted molar refractivity (Wildman–Crippen MR) is 88.6 cm³/mol. The number of imidazole rings is 1. The van der Waals surface area contributed by atoms with Gasteiger partial charge in [0.25, 0.3) is 0 Å². The fourth-order valence-electron chi connectivity index (χ4n) is 2.62. The Bertz CT molecular complexity index is 812. The molecule has 118 valence electrons. The maximum atomic E-state index is 12.5. The highest BCUT2D eigenvalue weighted by Gasteiger charge is 2.15. The van der Waals surface area contributed by atoms with Crippen LogP contribution in [0.4, 0.5) is 0 Å². The van der Waals surface area contributed by atoms with Crippen LogP contribution in [0.5, 0.6) is 0 Å². The Morgan fingerprint density at radius 3 is 2.57 bits per heavy atom. The van der Waals surface area contributed by atoms with Crippen molar-refractivity contribution in [2.45, 2.75) is 19.7 Å². The summed E-state index contributed by atoms with van der Waals surface area (Å²) in [7, 11) is 1.78. The third-order valence-electron chi connectivity index (χ3n) is 3.86. The lowest BCUT2D eigenvalue weighted by atomic mass is 10.2. The Morgan fingerprint density at radius 1 is 1.13 bits per heavy atom. The summed E-state index contributed by atoms with van der Waals surface area (Å²) in [5, 5.41) is 9.50. The molecule has 0 fully saturated rings. The van der Waals surface area contributed by atoms with Crippen LogP contribution in [0.25, 0.3) is 11.0 Å². The summed E-state index contributed by atoms with van der Waals surface area (Å²) in [6.07, 6.45) is 0. The number of hydrogen-bond acceptors (Lipinski definition) is 3. The van der Waals surface area contributed by atoms with Crippen LogP contribution < -0.4 is 0 Å². The maximum Gasteiger partial charge on any atom is 0.242 e. The highest BCUT2D eigenvalue weighted by molar-refractivity contribution is 5.81. The minimum atomic E-state index is -0.190. The molecule has 23 heavy (non-hydrogen) atoms. The van der Waals surface area contributed by atoms with Gasteiger partial charge in [0.05, 0.1) is 11.0 Å². The van der Waals surface area contributed by atoms with Gasteiger partial charge < -0.3 is 14.6 Å². The Labute approximate surface area is 134 Å². The zero-order valence-electron chi connectivity index (χ0n) is 13.0. The molecule has 0 bridgehead atoms. The first kappa shape index (κ1) is 15.2. The molecular weight excluding hydrogens is 290 g/mol. The molecule has 3 aromatic rings. The second-order valence-corrected chi connectivity index (χ2v) is 5.50. The number of amides is 1. The third kappa shape index (κ3) is 3.24. The van der Waals surface area contributed by atoms with Crippen LogP contribution in [0.2, 0.25) is 0 Å². The van der Waals surface area contributed by atoms with Crippen LogP contribution in [-0.2, 0) is 24.5 Å². The monoisotopic (exact) mass is 309 g/mol. The Kier molecular flexibility index (Phi) is 4.39. The molecule has 0 aliphatic carbocycles. The summed E-state index contributed by atoms with van der Waals surface area (Å²) in [6, 6.07) is 17.4. The lowest BCUT2D eigenvalue weighted by molar-refractivity contribution is -0.131. The number of para-hydroxylation sites is 2. The number of likely N-dealkylation sites (N-methyl/N-ethyl adjacent to an activating group) is 1. The molecule has 0 atom stereocenters. The van der Waals surface area contributed by atoms with Gasteiger partial charge >= 0.3 is 0 Å². The molecule has 0 aliphatic heterocycles. The first-order valence-corrected chi connectivity index (χ1v) is 7.52. The summed E-state index contributed by atoms with van der Waals surface area (Å²) < 4.78 is 1.78. The summed E-state index contributed by atoms with van der Waals surface area (Å²) >= 11 is 0. The van der Waals surface area contributed by atoms with E-state index in [9.17, 15) is 9.90 Å². The minimum absolute atomic E-state index is 0.0216. The first-order chi connectivity index (χ1) is 11.2. The van der Waals surface area contributed by atoms with Gasteiger partial charge in [-0.05, 0) is 17.7 Å². The number of aliphatic hydroxyl groups is 1. The molecule has 1 aromatic heterocycles. The predicted octanol–water partition coefficient (Wildman–Crippen LogP) is 2.19. The maximum absolute atomic E-state index is 12.5. The molecule has 2 aromatic carbocycles. The summed E-state index contributed by atoms with van der Waals surface area (Å²) in [6.45, 7) is 0.533. The molecule has 5 heteroatoms. The fraction of sp³-hybridized carbons (Fsp3) is 0.222. The van der Waals surface area contributed by atoms with E-state index in [1.54, 1.807) is 16.5 Å². The van der Waals surface area contributed by atoms with Gasteiger partial charge in [-0.25, -0.2) is 4.98 Å². The highest BCUT2D eigenvalue weighted by atomic mass is 16.3. The number of hydrogen-bond donors (Lipinski definition) is 1. The largest absolute Gasteiger partial charge is 0.388 e. The molecule has 0 spiro atoms. The summed E-state index contributed by atoms with van der Waals surface area (Å²) in [4.78, 5) is 18.6. The summed E-state index contributed by atoms with van der Waals surface area (Å²) in [5.41, 5.74) is 2.73. The summed E-state index contributed by atoms with van der Waals surface area (Å²) in [5.74, 6) is 0.486. The van der Waals surface area contributed by atoms with E-state index in [4.69, 9.17) is 0 Å². The van der Waals surface area contributed by atoms with Crippen molar-refractivity contribution in [1.29, 1.82) is 0 Å². The van der Waals surface area contributed by atoms with Crippen molar-refractivity contribution >= 4 is 16.9 Å². The Morgan fingerprint density at radius 2 is 1.83 bits per heavy atom. The van der Waals surface area contributed by atoms with Crippen LogP contribution in [0, 0.1) is 0 Å². The number of carbonyl (C=O) groups excluding carboxylic acids is 1. The van der Waals surface area contributed by atoms with Crippen LogP contribution in [0.1, 0.15) is 11.4 Å². The van der Waals surface area contributed by atoms with E-state index >= 15 is 0 Å². The quantitative estimate of drug-likeness (QED) is 0.786. The Balaban J connectivity index is 1.80. The van der Waals surface area contributed by atoms with Gasteiger partial charge in [0, 0.05) is 13.6 Å². The van der Waals surface area contributed by atoms with Crippen LogP contribution in [-0.4, -0.2) is 32.5 Å². The van der Waals surface area contributed by atoms with Crippen molar-refractivity contribution in [2.75, 3.05) is 7.05 Å². The third-order valence-corrected chi connectivity index (χ3v) is 3.86. The number of benzene rings is 2.